The average Bonchev–Trinajstić information content (AvgIpc) is 3.62. The van der Waals surface area contributed by atoms with Crippen molar-refractivity contribution in [2.24, 2.45) is 0 Å². The van der Waals surface area contributed by atoms with Crippen LogP contribution in [-0.2, 0) is 16.2 Å². The molecule has 0 bridgehead atoms. The number of nitrogens with zero attached hydrogens (tertiary/aromatic N) is 1. The van der Waals surface area contributed by atoms with Crippen molar-refractivity contribution >= 4 is 34.7 Å². The third-order valence-corrected chi connectivity index (χ3v) is 12.6. The second kappa shape index (κ2) is 10.2. The Morgan fingerprint density at radius 1 is 0.423 bits per heavy atom. The van der Waals surface area contributed by atoms with Gasteiger partial charge in [-0.15, -0.1) is 0 Å². The number of carbonyl (C=O) groups is 2. The molecule has 0 spiro atoms. The molecule has 0 saturated heterocycles. The van der Waals surface area contributed by atoms with Crippen molar-refractivity contribution in [2.45, 2.75) is 57.8 Å². The van der Waals surface area contributed by atoms with Gasteiger partial charge in [-0.25, -0.2) is 0 Å². The Balaban J connectivity index is 1.11. The van der Waals surface area contributed by atoms with Crippen LogP contribution < -0.4 is 4.90 Å². The largest absolute Gasteiger partial charge is 0.310 e. The Kier molecular flexibility index (Phi) is 6.06. The smallest absolute Gasteiger partial charge is 0.197 e. The summed E-state index contributed by atoms with van der Waals surface area (Å²) in [5.74, 6) is -0.386. The first-order chi connectivity index (χ1) is 24.9. The number of ketones is 2. The lowest BCUT2D eigenvalue weighted by molar-refractivity contribution is 0.0990. The fourth-order valence-corrected chi connectivity index (χ4v) is 9.68. The minimum Gasteiger partial charge on any atom is -0.310 e. The monoisotopic (exact) mass is 673 g/mol. The van der Waals surface area contributed by atoms with E-state index >= 15 is 0 Å². The number of Topliss-reactive ketones (excluding diaryl/α,β-unsaturated/α-hetero) is 2. The summed E-state index contributed by atoms with van der Waals surface area (Å²) in [7, 11) is 0. The number of hydrogen-bond acceptors (Lipinski definition) is 3. The van der Waals surface area contributed by atoms with Crippen molar-refractivity contribution in [3.8, 4) is 22.3 Å². The number of para-hydroxylation sites is 2. The van der Waals surface area contributed by atoms with Crippen LogP contribution >= 0.6 is 0 Å². The highest BCUT2D eigenvalue weighted by molar-refractivity contribution is 6.41. The van der Waals surface area contributed by atoms with Gasteiger partial charge in [-0.2, -0.15) is 0 Å². The number of fused-ring (bicyclic) bond motifs is 9. The van der Waals surface area contributed by atoms with Gasteiger partial charge in [0, 0.05) is 33.1 Å². The van der Waals surface area contributed by atoms with Crippen LogP contribution in [0.2, 0.25) is 0 Å². The van der Waals surface area contributed by atoms with E-state index in [2.05, 4.69) is 144 Å². The zero-order valence-electron chi connectivity index (χ0n) is 30.4. The van der Waals surface area contributed by atoms with Crippen LogP contribution in [0, 0.1) is 0 Å². The van der Waals surface area contributed by atoms with Gasteiger partial charge in [0.1, 0.15) is 0 Å². The zero-order valence-corrected chi connectivity index (χ0v) is 30.4. The summed E-state index contributed by atoms with van der Waals surface area (Å²) in [6.07, 6.45) is 1.78. The number of anilines is 3. The summed E-state index contributed by atoms with van der Waals surface area (Å²) in [6.45, 7) is 14.1. The molecule has 4 aliphatic rings. The van der Waals surface area contributed by atoms with Gasteiger partial charge in [-0.05, 0) is 110 Å². The van der Waals surface area contributed by atoms with E-state index in [0.29, 0.717) is 11.1 Å². The highest BCUT2D eigenvalue weighted by Crippen LogP contribution is 2.60. The molecule has 0 aromatic heterocycles. The summed E-state index contributed by atoms with van der Waals surface area (Å²) >= 11 is 0. The molecule has 0 radical (unpaired) electrons. The lowest BCUT2D eigenvalue weighted by atomic mass is 9.72. The zero-order chi connectivity index (χ0) is 35.9. The Morgan fingerprint density at radius 2 is 0.923 bits per heavy atom. The molecular weight excluding hydrogens is 635 g/mol. The van der Waals surface area contributed by atoms with E-state index in [4.69, 9.17) is 0 Å². The molecule has 0 N–H and O–H groups in total. The minimum atomic E-state index is -0.274. The molecule has 252 valence electrons. The van der Waals surface area contributed by atoms with E-state index in [1.54, 1.807) is 18.2 Å². The van der Waals surface area contributed by atoms with Gasteiger partial charge in [0.2, 0.25) is 0 Å². The van der Waals surface area contributed by atoms with E-state index in [1.165, 1.54) is 72.7 Å². The van der Waals surface area contributed by atoms with Gasteiger partial charge < -0.3 is 4.90 Å². The molecule has 0 atom stereocenters. The van der Waals surface area contributed by atoms with Gasteiger partial charge in [0.25, 0.3) is 0 Å². The van der Waals surface area contributed by atoms with Crippen molar-refractivity contribution in [1.82, 2.24) is 0 Å². The van der Waals surface area contributed by atoms with Crippen LogP contribution in [-0.4, -0.2) is 11.6 Å². The van der Waals surface area contributed by atoms with Crippen LogP contribution in [0.5, 0.6) is 0 Å². The summed E-state index contributed by atoms with van der Waals surface area (Å²) in [6, 6.07) is 43.0. The number of allylic oxidation sites excluding steroid dienone is 1. The Labute approximate surface area is 305 Å². The number of rotatable bonds is 2. The normalized spacial score (nSPS) is 17.5. The van der Waals surface area contributed by atoms with E-state index < -0.39 is 0 Å². The number of benzene rings is 6. The van der Waals surface area contributed by atoms with Crippen molar-refractivity contribution in [2.75, 3.05) is 4.90 Å². The fraction of sp³-hybridized carbons (Fsp3) is 0.184. The van der Waals surface area contributed by atoms with Gasteiger partial charge in [0.15, 0.2) is 11.6 Å². The molecule has 1 aliphatic heterocycles. The molecule has 0 fully saturated rings. The van der Waals surface area contributed by atoms with Crippen LogP contribution in [0.25, 0.3) is 28.3 Å². The molecule has 3 nitrogen and oxygen atoms in total. The second-order valence-corrected chi connectivity index (χ2v) is 16.5. The summed E-state index contributed by atoms with van der Waals surface area (Å²) < 4.78 is 0. The van der Waals surface area contributed by atoms with E-state index in [1.807, 2.05) is 12.1 Å². The first-order valence-corrected chi connectivity index (χ1v) is 18.3. The summed E-state index contributed by atoms with van der Waals surface area (Å²) in [4.78, 5) is 28.9. The molecule has 0 saturated carbocycles. The Morgan fingerprint density at radius 3 is 1.58 bits per heavy atom. The molecule has 10 rings (SSSR count). The highest BCUT2D eigenvalue weighted by atomic mass is 16.2. The molecule has 0 amide bonds. The van der Waals surface area contributed by atoms with Gasteiger partial charge in [-0.1, -0.05) is 120 Å². The van der Waals surface area contributed by atoms with Crippen LogP contribution in [0.1, 0.15) is 101 Å². The second-order valence-electron chi connectivity index (χ2n) is 16.5. The molecule has 0 unspecified atom stereocenters. The first kappa shape index (κ1) is 31.0. The third kappa shape index (κ3) is 3.91. The lowest BCUT2D eigenvalue weighted by Gasteiger charge is -2.42. The minimum absolute atomic E-state index is 0.193. The van der Waals surface area contributed by atoms with Crippen molar-refractivity contribution in [3.05, 3.63) is 177 Å². The molecule has 3 heteroatoms. The van der Waals surface area contributed by atoms with Crippen molar-refractivity contribution < 1.29 is 9.59 Å². The van der Waals surface area contributed by atoms with Gasteiger partial charge >= 0.3 is 0 Å². The van der Waals surface area contributed by atoms with E-state index in [-0.39, 0.29) is 33.4 Å². The van der Waals surface area contributed by atoms with E-state index in [0.717, 1.165) is 5.56 Å². The first-order valence-electron chi connectivity index (χ1n) is 18.3. The average molecular weight is 674 g/mol. The SMILES string of the molecule is CC1(C)c2cc(C=C3C(=O)c4ccccc4C3=O)ccc2-c2cc3c(cc21)-c1cc2c(cc1C3(C)C)N(c1ccccc1)c1ccccc1C2(C)C. The Bertz CT molecular complexity index is 2600. The molecule has 6 aromatic rings. The molecular formula is C49H39NO2. The predicted molar refractivity (Wildman–Crippen MR) is 211 cm³/mol. The highest BCUT2D eigenvalue weighted by Gasteiger charge is 2.45. The molecule has 1 heterocycles. The van der Waals surface area contributed by atoms with Crippen LogP contribution in [0.3, 0.4) is 0 Å². The fourth-order valence-electron chi connectivity index (χ4n) is 9.68. The standard InChI is InChI=1S/C49H39NO2/c1-47(2)37-18-12-13-19-43(37)50(29-14-8-7-9-15-29)44-27-41-35(26-42(44)47)34-25-39-33(24-40(34)49(41,5)6)30-21-20-28(23-38(30)48(39,3)4)22-36-45(51)31-16-10-11-17-32(31)46(36)52/h7-27H,1-6H3. The maximum absolute atomic E-state index is 13.2. The van der Waals surface area contributed by atoms with Crippen LogP contribution in [0.4, 0.5) is 17.1 Å². The molecule has 3 aliphatic carbocycles. The van der Waals surface area contributed by atoms with Crippen molar-refractivity contribution in [3.63, 3.8) is 0 Å². The summed E-state index contributed by atoms with van der Waals surface area (Å²) in [5, 5.41) is 0. The topological polar surface area (TPSA) is 37.4 Å². The quantitative estimate of drug-likeness (QED) is 0.136. The third-order valence-electron chi connectivity index (χ3n) is 12.6. The van der Waals surface area contributed by atoms with Crippen LogP contribution in [0.15, 0.2) is 127 Å². The molecule has 6 aromatic carbocycles. The number of hydrogen-bond donors (Lipinski definition) is 0. The molecule has 52 heavy (non-hydrogen) atoms. The maximum Gasteiger partial charge on any atom is 0.197 e. The maximum atomic E-state index is 13.2. The van der Waals surface area contributed by atoms with Gasteiger partial charge in [-0.3, -0.25) is 9.59 Å². The predicted octanol–water partition coefficient (Wildman–Crippen LogP) is 11.9. The Hall–Kier alpha value is -5.80. The van der Waals surface area contributed by atoms with Crippen molar-refractivity contribution in [1.29, 1.82) is 0 Å². The summed E-state index contributed by atoms with van der Waals surface area (Å²) in [5.41, 5.74) is 18.1. The lowest BCUT2D eigenvalue weighted by Crippen LogP contribution is -2.31. The number of carbonyl (C=O) groups excluding carboxylic acids is 2. The van der Waals surface area contributed by atoms with Gasteiger partial charge in [0.05, 0.1) is 16.9 Å². The van der Waals surface area contributed by atoms with E-state index in [9.17, 15) is 9.59 Å².